The highest BCUT2D eigenvalue weighted by Crippen LogP contribution is 2.80. The number of ether oxygens (including phenoxy) is 1. The van der Waals surface area contributed by atoms with E-state index in [1.54, 1.807) is 13.8 Å². The number of hydrogen-bond acceptors (Lipinski definition) is 7. The van der Waals surface area contributed by atoms with Crippen LogP contribution in [-0.2, 0) is 25.7 Å². The predicted molar refractivity (Wildman–Crippen MR) is 231 cm³/mol. The first-order valence-electron chi connectivity index (χ1n) is 22.3. The molecule has 58 heavy (non-hydrogen) atoms. The Labute approximate surface area is 354 Å². The summed E-state index contributed by atoms with van der Waals surface area (Å²) >= 11 is 6.26. The van der Waals surface area contributed by atoms with Crippen LogP contribution in [0, 0.1) is 55.7 Å². The van der Waals surface area contributed by atoms with E-state index in [1.807, 2.05) is 12.1 Å². The van der Waals surface area contributed by atoms with Crippen molar-refractivity contribution in [1.82, 2.24) is 9.80 Å². The lowest BCUT2D eigenvalue weighted by atomic mass is 9.29. The average molecular weight is 824 g/mol. The Hall–Kier alpha value is -2.26. The number of aliphatic hydroxyl groups is 1. The third kappa shape index (κ3) is 7.23. The third-order valence-electron chi connectivity index (χ3n) is 17.8. The molecule has 0 aromatic heterocycles. The zero-order valence-corrected chi connectivity index (χ0v) is 38.7. The molecule has 5 aliphatic carbocycles. The average Bonchev–Trinajstić information content (AvgIpc) is 3.44. The van der Waals surface area contributed by atoms with Crippen molar-refractivity contribution >= 4 is 29.3 Å². The highest BCUT2D eigenvalue weighted by Gasteiger charge is 2.74. The van der Waals surface area contributed by atoms with Crippen molar-refractivity contribution in [3.8, 4) is 0 Å². The number of aliphatic carboxylic acids is 1. The van der Waals surface area contributed by atoms with Crippen LogP contribution in [0.1, 0.15) is 139 Å². The molecule has 0 aliphatic heterocycles. The standard InChI is InChI=1S/C49H75ClN2O6/c1-31(2)40-34(53)27-49(37(54)30-52(26-25-51(11)12)29-32-13-15-33(50)16-14-32)24-23-48(10)46(8)21-17-35-44(5,6)38(58-39(55)28-43(3,4)42(56)57)19-20-45(35,7)36(46)18-22-47(48,9)41(40)49/h13-16,31,35-38,54H,17-30H2,1-12H3,(H,56,57)/t35?,36-,37+,38+,45+,46-,47-,48+,49+/m1/s1. The summed E-state index contributed by atoms with van der Waals surface area (Å²) in [6.07, 6.45) is 6.96. The van der Waals surface area contributed by atoms with E-state index in [0.717, 1.165) is 75.6 Å². The van der Waals surface area contributed by atoms with Gasteiger partial charge in [-0.3, -0.25) is 19.3 Å². The molecule has 5 aliphatic rings. The second kappa shape index (κ2) is 15.6. The number of carboxylic acids is 1. The molecule has 9 atom stereocenters. The first kappa shape index (κ1) is 45.3. The minimum atomic E-state index is -1.17. The number of rotatable bonds is 13. The molecule has 0 radical (unpaired) electrons. The van der Waals surface area contributed by atoms with Crippen molar-refractivity contribution in [3.63, 3.8) is 0 Å². The molecule has 1 unspecified atom stereocenters. The molecule has 4 saturated carbocycles. The van der Waals surface area contributed by atoms with Gasteiger partial charge >= 0.3 is 11.9 Å². The molecule has 0 spiro atoms. The van der Waals surface area contributed by atoms with Crippen LogP contribution in [0.2, 0.25) is 5.02 Å². The van der Waals surface area contributed by atoms with E-state index in [9.17, 15) is 24.6 Å². The van der Waals surface area contributed by atoms with Gasteiger partial charge in [0.2, 0.25) is 0 Å². The molecule has 8 nitrogen and oxygen atoms in total. The Kier molecular flexibility index (Phi) is 12.2. The first-order chi connectivity index (χ1) is 26.8. The molecule has 6 rings (SSSR count). The first-order valence-corrected chi connectivity index (χ1v) is 22.7. The highest BCUT2D eigenvalue weighted by atomic mass is 35.5. The van der Waals surface area contributed by atoms with Crippen LogP contribution in [0.15, 0.2) is 35.4 Å². The molecule has 1 aromatic carbocycles. The molecule has 0 heterocycles. The molecular formula is C49H75ClN2O6. The van der Waals surface area contributed by atoms with E-state index in [-0.39, 0.29) is 51.3 Å². The molecule has 0 saturated heterocycles. The van der Waals surface area contributed by atoms with Crippen molar-refractivity contribution in [1.29, 1.82) is 0 Å². The lowest BCUT2D eigenvalue weighted by Gasteiger charge is -2.75. The molecule has 324 valence electrons. The number of esters is 1. The number of aliphatic hydroxyl groups excluding tert-OH is 1. The van der Waals surface area contributed by atoms with Crippen LogP contribution < -0.4 is 0 Å². The fourth-order valence-electron chi connectivity index (χ4n) is 14.3. The molecule has 4 fully saturated rings. The maximum atomic E-state index is 14.5. The molecule has 9 heteroatoms. The van der Waals surface area contributed by atoms with Gasteiger partial charge in [0.25, 0.3) is 0 Å². The van der Waals surface area contributed by atoms with Gasteiger partial charge in [-0.25, -0.2) is 0 Å². The number of carbonyl (C=O) groups is 3. The zero-order chi connectivity index (χ0) is 43.0. The Morgan fingerprint density at radius 3 is 2.16 bits per heavy atom. The summed E-state index contributed by atoms with van der Waals surface area (Å²) in [6.45, 7) is 25.1. The van der Waals surface area contributed by atoms with Crippen LogP contribution in [0.4, 0.5) is 0 Å². The third-order valence-corrected chi connectivity index (χ3v) is 18.1. The molecule has 2 N–H and O–H groups in total. The summed E-state index contributed by atoms with van der Waals surface area (Å²) in [4.78, 5) is 44.0. The SMILES string of the molecule is CC(C)C1=C2[C@@]([C@@H](O)CN(CCN(C)C)Cc3ccc(Cl)cc3)(CC[C@]3(C)[C@]2(C)CC[C@@H]2[C@@]4(C)CC[C@H](OC(=O)CC(C)(C)C(=O)O)C(C)(C)C4CC[C@]23C)CC1=O. The van der Waals surface area contributed by atoms with E-state index >= 15 is 0 Å². The fourth-order valence-corrected chi connectivity index (χ4v) is 14.4. The monoisotopic (exact) mass is 823 g/mol. The molecule has 1 aromatic rings. The van der Waals surface area contributed by atoms with Crippen LogP contribution >= 0.6 is 11.6 Å². The van der Waals surface area contributed by atoms with Crippen molar-refractivity contribution < 1.29 is 29.3 Å². The zero-order valence-electron chi connectivity index (χ0n) is 37.9. The summed E-state index contributed by atoms with van der Waals surface area (Å²) in [6, 6.07) is 8.01. The minimum absolute atomic E-state index is 0.000519. The molecule has 0 bridgehead atoms. The van der Waals surface area contributed by atoms with E-state index in [1.165, 1.54) is 5.57 Å². The van der Waals surface area contributed by atoms with Crippen LogP contribution in [0.25, 0.3) is 0 Å². The molecule has 0 amide bonds. The summed E-state index contributed by atoms with van der Waals surface area (Å²) < 4.78 is 6.21. The van der Waals surface area contributed by atoms with Gasteiger partial charge < -0.3 is 19.8 Å². The van der Waals surface area contributed by atoms with Crippen molar-refractivity contribution in [2.75, 3.05) is 33.7 Å². The number of carbonyl (C=O) groups excluding carboxylic acids is 2. The number of carboxylic acid groups (broad SMARTS) is 1. The van der Waals surface area contributed by atoms with Gasteiger partial charge in [-0.15, -0.1) is 0 Å². The summed E-state index contributed by atoms with van der Waals surface area (Å²) in [5.74, 6) is -0.299. The quantitative estimate of drug-likeness (QED) is 0.190. The number of Topliss-reactive ketones (excluding diaryl/α,β-unsaturated/α-hetero) is 1. The number of nitrogens with zero attached hydrogens (tertiary/aromatic N) is 2. The Balaban J connectivity index is 1.32. The Morgan fingerprint density at radius 2 is 1.55 bits per heavy atom. The summed E-state index contributed by atoms with van der Waals surface area (Å²) in [5.41, 5.74) is 1.09. The maximum Gasteiger partial charge on any atom is 0.309 e. The Bertz CT molecular complexity index is 1790. The van der Waals surface area contributed by atoms with Crippen molar-refractivity contribution in [3.05, 3.63) is 46.0 Å². The lowest BCUT2D eigenvalue weighted by molar-refractivity contribution is -0.252. The van der Waals surface area contributed by atoms with Crippen LogP contribution in [0.3, 0.4) is 0 Å². The van der Waals surface area contributed by atoms with E-state index in [4.69, 9.17) is 16.3 Å². The van der Waals surface area contributed by atoms with Crippen molar-refractivity contribution in [2.45, 2.75) is 152 Å². The van der Waals surface area contributed by atoms with Gasteiger partial charge in [0.1, 0.15) is 6.10 Å². The number of benzene rings is 1. The normalized spacial score (nSPS) is 36.4. The summed E-state index contributed by atoms with van der Waals surface area (Å²) in [7, 11) is 4.17. The van der Waals surface area contributed by atoms with Crippen molar-refractivity contribution in [2.24, 2.45) is 55.7 Å². The van der Waals surface area contributed by atoms with Gasteiger partial charge in [0.15, 0.2) is 5.78 Å². The van der Waals surface area contributed by atoms with E-state index < -0.39 is 28.9 Å². The summed E-state index contributed by atoms with van der Waals surface area (Å²) in [5, 5.41) is 23.2. The predicted octanol–water partition coefficient (Wildman–Crippen LogP) is 9.85. The number of likely N-dealkylation sites (N-methyl/N-ethyl adjacent to an activating group) is 1. The molecular weight excluding hydrogens is 748 g/mol. The fraction of sp³-hybridized carbons (Fsp3) is 0.776. The second-order valence-corrected chi connectivity index (χ2v) is 22.8. The topological polar surface area (TPSA) is 107 Å². The van der Waals surface area contributed by atoms with Gasteiger partial charge in [0.05, 0.1) is 17.9 Å². The number of halogens is 1. The maximum absolute atomic E-state index is 14.5. The highest BCUT2D eigenvalue weighted by molar-refractivity contribution is 6.30. The largest absolute Gasteiger partial charge is 0.481 e. The number of fused-ring (bicyclic) bond motifs is 7. The number of allylic oxidation sites excluding steroid dienone is 1. The second-order valence-electron chi connectivity index (χ2n) is 22.4. The van der Waals surface area contributed by atoms with Gasteiger partial charge in [-0.2, -0.15) is 0 Å². The number of hydrogen-bond donors (Lipinski definition) is 2. The van der Waals surface area contributed by atoms with Crippen LogP contribution in [-0.4, -0.2) is 83.7 Å². The Morgan fingerprint density at radius 1 is 0.914 bits per heavy atom. The van der Waals surface area contributed by atoms with Crippen LogP contribution in [0.5, 0.6) is 0 Å². The van der Waals surface area contributed by atoms with E-state index in [2.05, 4.69) is 91.4 Å². The smallest absolute Gasteiger partial charge is 0.309 e. The minimum Gasteiger partial charge on any atom is -0.481 e. The van der Waals surface area contributed by atoms with Gasteiger partial charge in [0, 0.05) is 48.5 Å². The number of ketones is 1. The van der Waals surface area contributed by atoms with E-state index in [0.29, 0.717) is 36.4 Å². The van der Waals surface area contributed by atoms with Gasteiger partial charge in [-0.05, 0) is 148 Å². The lowest BCUT2D eigenvalue weighted by Crippen LogP contribution is -2.69. The van der Waals surface area contributed by atoms with Gasteiger partial charge in [-0.1, -0.05) is 79.1 Å².